The standard InChI is InChI=1S/C27H34O7/c1-17(2)22-9-5-18(3)23(27(22,4)12-11-25(30)33-15-20(29)14-28)16-32-21-8-6-19-7-10-26(31)34-24(19)13-21/h5-8,10,13,20,22-23,28-29H,1,9,11-12,14-16H2,2-4H3/t20-,22+,23+,27+/m1/s1. The normalized spacial score (nSPS) is 23.3. The van der Waals surface area contributed by atoms with E-state index >= 15 is 0 Å². The van der Waals surface area contributed by atoms with Crippen LogP contribution in [0.1, 0.15) is 40.0 Å². The van der Waals surface area contributed by atoms with Crippen LogP contribution in [0.4, 0.5) is 0 Å². The third-order valence-corrected chi connectivity index (χ3v) is 6.94. The summed E-state index contributed by atoms with van der Waals surface area (Å²) in [6.07, 6.45) is 2.72. The van der Waals surface area contributed by atoms with Gasteiger partial charge in [0, 0.05) is 29.9 Å². The summed E-state index contributed by atoms with van der Waals surface area (Å²) in [6, 6.07) is 8.52. The second-order valence-corrected chi connectivity index (χ2v) is 9.43. The number of benzene rings is 1. The Kier molecular flexibility index (Phi) is 8.33. The van der Waals surface area contributed by atoms with E-state index in [1.807, 2.05) is 19.1 Å². The minimum Gasteiger partial charge on any atom is -0.493 e. The fourth-order valence-electron chi connectivity index (χ4n) is 4.91. The summed E-state index contributed by atoms with van der Waals surface area (Å²) in [5.41, 5.74) is 1.99. The predicted molar refractivity (Wildman–Crippen MR) is 130 cm³/mol. The maximum atomic E-state index is 12.3. The summed E-state index contributed by atoms with van der Waals surface area (Å²) in [7, 11) is 0. The molecule has 0 saturated heterocycles. The van der Waals surface area contributed by atoms with Crippen molar-refractivity contribution in [2.45, 2.75) is 46.1 Å². The van der Waals surface area contributed by atoms with Gasteiger partial charge in [0.05, 0.1) is 13.2 Å². The predicted octanol–water partition coefficient (Wildman–Crippen LogP) is 4.01. The number of hydrogen-bond acceptors (Lipinski definition) is 7. The molecule has 1 heterocycles. The van der Waals surface area contributed by atoms with Gasteiger partial charge in [-0.1, -0.05) is 30.7 Å². The first kappa shape index (κ1) is 25.7. The third kappa shape index (κ3) is 5.96. The van der Waals surface area contributed by atoms with E-state index in [1.165, 1.54) is 11.6 Å². The molecule has 0 radical (unpaired) electrons. The van der Waals surface area contributed by atoms with Gasteiger partial charge in [0.25, 0.3) is 0 Å². The second kappa shape index (κ2) is 11.0. The van der Waals surface area contributed by atoms with E-state index in [2.05, 4.69) is 26.5 Å². The molecular formula is C27H34O7. The van der Waals surface area contributed by atoms with Crippen LogP contribution in [0.15, 0.2) is 63.3 Å². The number of aliphatic hydroxyl groups is 2. The summed E-state index contributed by atoms with van der Waals surface area (Å²) >= 11 is 0. The molecule has 0 aliphatic heterocycles. The summed E-state index contributed by atoms with van der Waals surface area (Å²) < 4.78 is 16.6. The van der Waals surface area contributed by atoms with Crippen molar-refractivity contribution in [3.05, 3.63) is 64.6 Å². The first-order valence-corrected chi connectivity index (χ1v) is 11.6. The van der Waals surface area contributed by atoms with Gasteiger partial charge in [0.1, 0.15) is 24.0 Å². The lowest BCUT2D eigenvalue weighted by atomic mass is 9.58. The van der Waals surface area contributed by atoms with Crippen LogP contribution < -0.4 is 10.4 Å². The zero-order chi connectivity index (χ0) is 24.9. The zero-order valence-electron chi connectivity index (χ0n) is 20.1. The van der Waals surface area contributed by atoms with Crippen LogP contribution in [-0.2, 0) is 9.53 Å². The van der Waals surface area contributed by atoms with Crippen LogP contribution >= 0.6 is 0 Å². The highest BCUT2D eigenvalue weighted by atomic mass is 16.5. The molecular weight excluding hydrogens is 436 g/mol. The topological polar surface area (TPSA) is 106 Å². The molecule has 4 atom stereocenters. The SMILES string of the molecule is C=C(C)[C@@H]1CC=C(C)[C@H](COc2ccc3ccc(=O)oc3c2)[C@@]1(C)CCC(=O)OC[C@H](O)CO. The van der Waals surface area contributed by atoms with E-state index in [0.717, 1.165) is 17.4 Å². The number of esters is 1. The molecule has 184 valence electrons. The van der Waals surface area contributed by atoms with Crippen LogP contribution in [-0.4, -0.2) is 42.1 Å². The minimum atomic E-state index is -1.07. The Morgan fingerprint density at radius 2 is 2.06 bits per heavy atom. The molecule has 2 N–H and O–H groups in total. The second-order valence-electron chi connectivity index (χ2n) is 9.43. The smallest absolute Gasteiger partial charge is 0.336 e. The van der Waals surface area contributed by atoms with Gasteiger partial charge in [-0.25, -0.2) is 4.79 Å². The average molecular weight is 471 g/mol. The molecule has 0 fully saturated rings. The van der Waals surface area contributed by atoms with Crippen molar-refractivity contribution < 1.29 is 28.9 Å². The summed E-state index contributed by atoms with van der Waals surface area (Å²) in [5.74, 6) is 0.380. The number of allylic oxidation sites excluding steroid dienone is 2. The molecule has 1 aliphatic rings. The largest absolute Gasteiger partial charge is 0.493 e. The number of carbonyl (C=O) groups is 1. The molecule has 0 unspecified atom stereocenters. The number of carbonyl (C=O) groups excluding carboxylic acids is 1. The summed E-state index contributed by atoms with van der Waals surface area (Å²) in [5, 5.41) is 19.2. The van der Waals surface area contributed by atoms with Gasteiger partial charge in [0.2, 0.25) is 0 Å². The Morgan fingerprint density at radius 3 is 2.76 bits per heavy atom. The molecule has 2 aromatic rings. The van der Waals surface area contributed by atoms with E-state index in [9.17, 15) is 14.7 Å². The minimum absolute atomic E-state index is 0.0252. The van der Waals surface area contributed by atoms with E-state index in [1.54, 1.807) is 12.1 Å². The summed E-state index contributed by atoms with van der Waals surface area (Å²) in [4.78, 5) is 23.9. The van der Waals surface area contributed by atoms with E-state index in [-0.39, 0.29) is 30.3 Å². The van der Waals surface area contributed by atoms with Gasteiger partial charge in [-0.3, -0.25) is 4.79 Å². The number of hydrogen-bond donors (Lipinski definition) is 2. The fraction of sp³-hybridized carbons (Fsp3) is 0.481. The van der Waals surface area contributed by atoms with E-state index in [0.29, 0.717) is 24.4 Å². The molecule has 0 amide bonds. The first-order chi connectivity index (χ1) is 16.1. The van der Waals surface area contributed by atoms with Gasteiger partial charge < -0.3 is 24.1 Å². The lowest BCUT2D eigenvalue weighted by Crippen LogP contribution is -2.42. The van der Waals surface area contributed by atoms with Crippen molar-refractivity contribution >= 4 is 16.9 Å². The molecule has 1 aromatic heterocycles. The van der Waals surface area contributed by atoms with Crippen LogP contribution in [0.25, 0.3) is 11.0 Å². The number of rotatable bonds is 10. The quantitative estimate of drug-likeness (QED) is 0.307. The molecule has 1 aliphatic carbocycles. The Balaban J connectivity index is 1.77. The molecule has 3 rings (SSSR count). The van der Waals surface area contributed by atoms with Gasteiger partial charge in [-0.2, -0.15) is 0 Å². The van der Waals surface area contributed by atoms with Crippen LogP contribution in [0.3, 0.4) is 0 Å². The fourth-order valence-corrected chi connectivity index (χ4v) is 4.91. The highest BCUT2D eigenvalue weighted by Gasteiger charge is 2.44. The molecule has 34 heavy (non-hydrogen) atoms. The lowest BCUT2D eigenvalue weighted by molar-refractivity contribution is -0.148. The zero-order valence-corrected chi connectivity index (χ0v) is 20.1. The van der Waals surface area contributed by atoms with Gasteiger partial charge in [-0.05, 0) is 56.2 Å². The van der Waals surface area contributed by atoms with E-state index < -0.39 is 24.3 Å². The number of ether oxygens (including phenoxy) is 2. The average Bonchev–Trinajstić information content (AvgIpc) is 2.80. The van der Waals surface area contributed by atoms with Crippen LogP contribution in [0, 0.1) is 17.3 Å². The van der Waals surface area contributed by atoms with E-state index in [4.69, 9.17) is 19.0 Å². The number of aliphatic hydroxyl groups excluding tert-OH is 2. The van der Waals surface area contributed by atoms with Gasteiger partial charge in [-0.15, -0.1) is 0 Å². The Bertz CT molecular complexity index is 1120. The first-order valence-electron chi connectivity index (χ1n) is 11.6. The van der Waals surface area contributed by atoms with Gasteiger partial charge >= 0.3 is 11.6 Å². The maximum Gasteiger partial charge on any atom is 0.336 e. The lowest BCUT2D eigenvalue weighted by Gasteiger charge is -2.47. The highest BCUT2D eigenvalue weighted by Crippen LogP contribution is 2.51. The van der Waals surface area contributed by atoms with Crippen molar-refractivity contribution in [1.82, 2.24) is 0 Å². The monoisotopic (exact) mass is 470 g/mol. The van der Waals surface area contributed by atoms with Crippen molar-refractivity contribution in [3.63, 3.8) is 0 Å². The molecule has 0 bridgehead atoms. The summed E-state index contributed by atoms with van der Waals surface area (Å²) in [6.45, 7) is 10.2. The molecule has 7 heteroatoms. The third-order valence-electron chi connectivity index (χ3n) is 6.94. The van der Waals surface area contributed by atoms with Crippen molar-refractivity contribution in [3.8, 4) is 5.75 Å². The van der Waals surface area contributed by atoms with Gasteiger partial charge in [0.15, 0.2) is 0 Å². The Labute approximate surface area is 199 Å². The Hall–Kier alpha value is -2.90. The molecule has 7 nitrogen and oxygen atoms in total. The maximum absolute atomic E-state index is 12.3. The van der Waals surface area contributed by atoms with Crippen molar-refractivity contribution in [2.75, 3.05) is 19.8 Å². The van der Waals surface area contributed by atoms with Crippen molar-refractivity contribution in [1.29, 1.82) is 0 Å². The molecule has 0 spiro atoms. The Morgan fingerprint density at radius 1 is 1.32 bits per heavy atom. The van der Waals surface area contributed by atoms with Crippen LogP contribution in [0.5, 0.6) is 5.75 Å². The molecule has 0 saturated carbocycles. The van der Waals surface area contributed by atoms with Crippen LogP contribution in [0.2, 0.25) is 0 Å². The van der Waals surface area contributed by atoms with Crippen molar-refractivity contribution in [2.24, 2.45) is 17.3 Å². The highest BCUT2D eigenvalue weighted by molar-refractivity contribution is 5.77. The molecule has 1 aromatic carbocycles. The number of fused-ring (bicyclic) bond motifs is 1.